The van der Waals surface area contributed by atoms with Gasteiger partial charge in [0, 0.05) is 23.1 Å². The topological polar surface area (TPSA) is 85.5 Å². The second kappa shape index (κ2) is 11.6. The normalized spacial score (nSPS) is 14.7. The number of oxazole rings is 1. The molecule has 0 amide bonds. The van der Waals surface area contributed by atoms with Crippen LogP contribution in [0.25, 0.3) is 5.69 Å². The van der Waals surface area contributed by atoms with Gasteiger partial charge in [0.2, 0.25) is 5.89 Å². The predicted molar refractivity (Wildman–Crippen MR) is 154 cm³/mol. The molecule has 5 aromatic rings. The Hall–Kier alpha value is -4.01. The molecule has 6 rings (SSSR count). The van der Waals surface area contributed by atoms with Gasteiger partial charge in [-0.3, -0.25) is 5.01 Å². The molecule has 3 aromatic carbocycles. The number of hydrogen-bond acceptors (Lipinski definition) is 6. The summed E-state index contributed by atoms with van der Waals surface area (Å²) in [4.78, 5) is 4.33. The smallest absolute Gasteiger partial charge is 0.219 e. The minimum Gasteiger partial charge on any atom is -0.447 e. The van der Waals surface area contributed by atoms with Crippen LogP contribution in [0.2, 0.25) is 0 Å². The molecule has 7 nitrogen and oxygen atoms in total. The Bertz CT molecular complexity index is 1490. The fourth-order valence-electron chi connectivity index (χ4n) is 4.40. The van der Waals surface area contributed by atoms with Crippen molar-refractivity contribution in [3.63, 3.8) is 0 Å². The number of aromatic nitrogens is 3. The molecule has 2 aromatic heterocycles. The van der Waals surface area contributed by atoms with E-state index in [1.54, 1.807) is 12.5 Å². The van der Waals surface area contributed by atoms with Crippen LogP contribution in [0.4, 0.5) is 5.69 Å². The Morgan fingerprint density at radius 2 is 1.66 bits per heavy atom. The zero-order valence-electron chi connectivity index (χ0n) is 21.3. The number of nitrogens with zero attached hydrogens (tertiary/aromatic N) is 5. The van der Waals surface area contributed by atoms with Gasteiger partial charge in [-0.05, 0) is 67.4 Å². The van der Waals surface area contributed by atoms with Crippen molar-refractivity contribution in [3.05, 3.63) is 130 Å². The molecular formula is C30H29BrN6O. The molecule has 192 valence electrons. The standard InChI is InChI=1S/C18H14BrN3O.C12H15N3/c19-14-6-8-15(9-7-14)22-17(18-20-10-11-23-18)12-16(21-22)13-4-2-1-3-5-13;1-9-7-10(2)15(14-9)12-5-3-11(8-13)4-6-12/h1-11,17H,12H2;3-7H,8,13H2,1-2H3. The average molecular weight is 570 g/mol. The van der Waals surface area contributed by atoms with Crippen molar-refractivity contribution in [3.8, 4) is 5.69 Å². The molecule has 0 saturated heterocycles. The number of benzene rings is 3. The zero-order valence-corrected chi connectivity index (χ0v) is 22.9. The van der Waals surface area contributed by atoms with Gasteiger partial charge < -0.3 is 10.2 Å². The Kier molecular flexibility index (Phi) is 7.81. The first-order valence-electron chi connectivity index (χ1n) is 12.4. The number of hydrogen-bond donors (Lipinski definition) is 1. The quantitative estimate of drug-likeness (QED) is 0.253. The molecule has 0 spiro atoms. The van der Waals surface area contributed by atoms with Crippen LogP contribution < -0.4 is 10.7 Å². The van der Waals surface area contributed by atoms with Crippen molar-refractivity contribution in [1.29, 1.82) is 0 Å². The first-order valence-corrected chi connectivity index (χ1v) is 13.2. The number of hydrazone groups is 1. The van der Waals surface area contributed by atoms with Crippen LogP contribution in [-0.2, 0) is 6.54 Å². The molecule has 0 radical (unpaired) electrons. The van der Waals surface area contributed by atoms with E-state index in [-0.39, 0.29) is 6.04 Å². The van der Waals surface area contributed by atoms with E-state index in [9.17, 15) is 0 Å². The minimum absolute atomic E-state index is 0.0265. The average Bonchev–Trinajstić information content (AvgIpc) is 3.70. The van der Waals surface area contributed by atoms with Crippen LogP contribution in [0.15, 0.2) is 111 Å². The number of rotatable bonds is 5. The maximum absolute atomic E-state index is 5.55. The molecule has 3 heterocycles. The molecule has 8 heteroatoms. The largest absolute Gasteiger partial charge is 0.447 e. The molecule has 0 saturated carbocycles. The van der Waals surface area contributed by atoms with Gasteiger partial charge in [0.1, 0.15) is 12.3 Å². The summed E-state index contributed by atoms with van der Waals surface area (Å²) < 4.78 is 8.52. The van der Waals surface area contributed by atoms with Crippen molar-refractivity contribution < 1.29 is 4.42 Å². The SMILES string of the molecule is Brc1ccc(N2N=C(c3ccccc3)CC2c2ncco2)cc1.Cc1cc(C)n(-c2ccc(CN)cc2)n1. The van der Waals surface area contributed by atoms with E-state index in [1.807, 2.05) is 83.3 Å². The fourth-order valence-corrected chi connectivity index (χ4v) is 4.67. The van der Waals surface area contributed by atoms with Crippen molar-refractivity contribution >= 4 is 27.3 Å². The molecule has 1 atom stereocenters. The van der Waals surface area contributed by atoms with E-state index in [4.69, 9.17) is 15.3 Å². The van der Waals surface area contributed by atoms with Crippen LogP contribution in [0.3, 0.4) is 0 Å². The lowest BCUT2D eigenvalue weighted by molar-refractivity contribution is 0.449. The molecule has 38 heavy (non-hydrogen) atoms. The molecule has 2 N–H and O–H groups in total. The number of nitrogens with two attached hydrogens (primary N) is 1. The Morgan fingerprint density at radius 3 is 2.26 bits per heavy atom. The second-order valence-electron chi connectivity index (χ2n) is 9.03. The zero-order chi connectivity index (χ0) is 26.5. The first-order chi connectivity index (χ1) is 18.5. The monoisotopic (exact) mass is 568 g/mol. The summed E-state index contributed by atoms with van der Waals surface area (Å²) in [6.07, 6.45) is 4.05. The van der Waals surface area contributed by atoms with E-state index in [0.717, 1.165) is 50.5 Å². The van der Waals surface area contributed by atoms with Gasteiger partial charge in [0.15, 0.2) is 0 Å². The molecule has 0 bridgehead atoms. The second-order valence-corrected chi connectivity index (χ2v) is 9.95. The Morgan fingerprint density at radius 1 is 0.947 bits per heavy atom. The van der Waals surface area contributed by atoms with Crippen molar-refractivity contribution in [2.75, 3.05) is 5.01 Å². The lowest BCUT2D eigenvalue weighted by Crippen LogP contribution is -2.18. The Balaban J connectivity index is 0.000000170. The van der Waals surface area contributed by atoms with Gasteiger partial charge in [0.05, 0.1) is 29.0 Å². The molecule has 0 aliphatic carbocycles. The number of aryl methyl sites for hydroxylation is 2. The highest BCUT2D eigenvalue weighted by molar-refractivity contribution is 9.10. The van der Waals surface area contributed by atoms with Gasteiger partial charge in [-0.15, -0.1) is 0 Å². The van der Waals surface area contributed by atoms with E-state index in [0.29, 0.717) is 12.4 Å². The summed E-state index contributed by atoms with van der Waals surface area (Å²) in [6, 6.07) is 28.5. The first kappa shape index (κ1) is 25.6. The van der Waals surface area contributed by atoms with Gasteiger partial charge in [-0.25, -0.2) is 9.67 Å². The van der Waals surface area contributed by atoms with E-state index in [1.165, 1.54) is 0 Å². The van der Waals surface area contributed by atoms with Gasteiger partial charge in [0.25, 0.3) is 0 Å². The summed E-state index contributed by atoms with van der Waals surface area (Å²) >= 11 is 3.47. The van der Waals surface area contributed by atoms with Crippen molar-refractivity contribution in [1.82, 2.24) is 14.8 Å². The summed E-state index contributed by atoms with van der Waals surface area (Å²) in [7, 11) is 0. The maximum Gasteiger partial charge on any atom is 0.219 e. The van der Waals surface area contributed by atoms with Crippen LogP contribution in [0.5, 0.6) is 0 Å². The molecule has 0 fully saturated rings. The van der Waals surface area contributed by atoms with Crippen molar-refractivity contribution in [2.45, 2.75) is 32.9 Å². The number of halogens is 1. The lowest BCUT2D eigenvalue weighted by Gasteiger charge is -2.20. The fraction of sp³-hybridized carbons (Fsp3) is 0.167. The summed E-state index contributed by atoms with van der Waals surface area (Å²) in [5, 5.41) is 11.2. The molecular weight excluding hydrogens is 540 g/mol. The van der Waals surface area contributed by atoms with Gasteiger partial charge in [-0.2, -0.15) is 10.2 Å². The third-order valence-electron chi connectivity index (χ3n) is 6.27. The van der Waals surface area contributed by atoms with Crippen LogP contribution in [0.1, 0.15) is 40.9 Å². The highest BCUT2D eigenvalue weighted by Crippen LogP contribution is 2.36. The van der Waals surface area contributed by atoms with E-state index in [2.05, 4.69) is 51.1 Å². The molecule has 1 unspecified atom stereocenters. The maximum atomic E-state index is 5.55. The summed E-state index contributed by atoms with van der Waals surface area (Å²) in [5.41, 5.74) is 13.1. The van der Waals surface area contributed by atoms with Crippen LogP contribution >= 0.6 is 15.9 Å². The Labute approximate surface area is 230 Å². The molecule has 1 aliphatic rings. The van der Waals surface area contributed by atoms with Gasteiger partial charge in [-0.1, -0.05) is 58.4 Å². The van der Waals surface area contributed by atoms with Crippen LogP contribution in [0, 0.1) is 13.8 Å². The highest BCUT2D eigenvalue weighted by atomic mass is 79.9. The van der Waals surface area contributed by atoms with Gasteiger partial charge >= 0.3 is 0 Å². The third kappa shape index (κ3) is 5.77. The van der Waals surface area contributed by atoms with Crippen LogP contribution in [-0.4, -0.2) is 20.5 Å². The van der Waals surface area contributed by atoms with E-state index >= 15 is 0 Å². The summed E-state index contributed by atoms with van der Waals surface area (Å²) in [6.45, 7) is 4.63. The summed E-state index contributed by atoms with van der Waals surface area (Å²) in [5.74, 6) is 0.683. The molecule has 1 aliphatic heterocycles. The predicted octanol–water partition coefficient (Wildman–Crippen LogP) is 6.74. The third-order valence-corrected chi connectivity index (χ3v) is 6.80. The highest BCUT2D eigenvalue weighted by Gasteiger charge is 2.32. The van der Waals surface area contributed by atoms with Crippen molar-refractivity contribution in [2.24, 2.45) is 10.8 Å². The van der Waals surface area contributed by atoms with E-state index < -0.39 is 0 Å². The minimum atomic E-state index is -0.0265. The lowest BCUT2D eigenvalue weighted by atomic mass is 10.0. The number of anilines is 1.